The van der Waals surface area contributed by atoms with E-state index in [1.54, 1.807) is 18.2 Å². The zero-order chi connectivity index (χ0) is 16.7. The number of halogens is 2. The van der Waals surface area contributed by atoms with E-state index in [-0.39, 0.29) is 6.04 Å². The van der Waals surface area contributed by atoms with Crippen LogP contribution in [0.2, 0.25) is 10.0 Å². The summed E-state index contributed by atoms with van der Waals surface area (Å²) in [6.45, 7) is 2.62. The first-order chi connectivity index (χ1) is 11.6. The highest BCUT2D eigenvalue weighted by Crippen LogP contribution is 2.27. The molecule has 9 heteroatoms. The van der Waals surface area contributed by atoms with Crippen LogP contribution in [0.25, 0.3) is 11.5 Å². The standard InChI is InChI=1S/C15H14Cl2N6O/c1-8-18-13-3-2-12(7-23(13)21-8)19-15-20-14(24-22-15)9-4-10(16)6-11(17)5-9/h4-6,12H,2-3,7H2,1H3,(H,19,22). The zero-order valence-electron chi connectivity index (χ0n) is 12.8. The maximum absolute atomic E-state index is 6.01. The Morgan fingerprint density at radius 3 is 2.79 bits per heavy atom. The van der Waals surface area contributed by atoms with Gasteiger partial charge >= 0.3 is 0 Å². The number of fused-ring (bicyclic) bond motifs is 1. The van der Waals surface area contributed by atoms with Crippen LogP contribution in [0, 0.1) is 6.92 Å². The van der Waals surface area contributed by atoms with Crippen molar-refractivity contribution in [3.8, 4) is 11.5 Å². The highest BCUT2D eigenvalue weighted by atomic mass is 35.5. The second kappa shape index (κ2) is 6.07. The summed E-state index contributed by atoms with van der Waals surface area (Å²) in [5.41, 5.74) is 0.686. The Hall–Kier alpha value is -2.12. The molecule has 1 unspecified atom stereocenters. The summed E-state index contributed by atoms with van der Waals surface area (Å²) < 4.78 is 7.22. The number of nitrogens with zero attached hydrogens (tertiary/aromatic N) is 5. The van der Waals surface area contributed by atoms with Gasteiger partial charge < -0.3 is 9.84 Å². The van der Waals surface area contributed by atoms with E-state index in [0.29, 0.717) is 27.4 Å². The summed E-state index contributed by atoms with van der Waals surface area (Å²) in [6, 6.07) is 5.29. The van der Waals surface area contributed by atoms with Crippen LogP contribution in [0.15, 0.2) is 22.7 Å². The first kappa shape index (κ1) is 15.4. The minimum atomic E-state index is 0.173. The monoisotopic (exact) mass is 364 g/mol. The fraction of sp³-hybridized carbons (Fsp3) is 0.333. The maximum atomic E-state index is 6.01. The number of nitrogens with one attached hydrogen (secondary N) is 1. The van der Waals surface area contributed by atoms with E-state index in [1.807, 2.05) is 11.6 Å². The number of anilines is 1. The molecule has 1 aliphatic rings. The average molecular weight is 365 g/mol. The molecule has 24 heavy (non-hydrogen) atoms. The largest absolute Gasteiger partial charge is 0.347 e. The van der Waals surface area contributed by atoms with Crippen LogP contribution in [0.3, 0.4) is 0 Å². The van der Waals surface area contributed by atoms with E-state index in [4.69, 9.17) is 27.7 Å². The number of benzene rings is 1. The van der Waals surface area contributed by atoms with Crippen molar-refractivity contribution in [2.45, 2.75) is 32.4 Å². The van der Waals surface area contributed by atoms with Gasteiger partial charge in [0.25, 0.3) is 11.8 Å². The third-order valence-electron chi connectivity index (χ3n) is 3.83. The Bertz CT molecular complexity index is 870. The van der Waals surface area contributed by atoms with E-state index < -0.39 is 0 Å². The van der Waals surface area contributed by atoms with Crippen molar-refractivity contribution in [1.82, 2.24) is 24.9 Å². The summed E-state index contributed by atoms with van der Waals surface area (Å²) in [4.78, 5) is 8.77. The smallest absolute Gasteiger partial charge is 0.264 e. The van der Waals surface area contributed by atoms with Gasteiger partial charge in [-0.25, -0.2) is 9.67 Å². The van der Waals surface area contributed by atoms with E-state index in [2.05, 4.69) is 25.5 Å². The molecule has 2 aromatic heterocycles. The van der Waals surface area contributed by atoms with Gasteiger partial charge in [0.2, 0.25) is 0 Å². The third-order valence-corrected chi connectivity index (χ3v) is 4.27. The highest BCUT2D eigenvalue weighted by Gasteiger charge is 2.22. The Morgan fingerprint density at radius 1 is 1.21 bits per heavy atom. The minimum absolute atomic E-state index is 0.173. The molecule has 0 saturated heterocycles. The van der Waals surface area contributed by atoms with Gasteiger partial charge in [0, 0.05) is 28.1 Å². The molecule has 124 valence electrons. The van der Waals surface area contributed by atoms with Crippen molar-refractivity contribution in [3.63, 3.8) is 0 Å². The van der Waals surface area contributed by atoms with Crippen molar-refractivity contribution < 1.29 is 4.52 Å². The summed E-state index contributed by atoms with van der Waals surface area (Å²) >= 11 is 12.0. The Labute approximate surface area is 148 Å². The summed E-state index contributed by atoms with van der Waals surface area (Å²) in [5, 5.41) is 12.7. The van der Waals surface area contributed by atoms with Crippen LogP contribution in [0.4, 0.5) is 5.95 Å². The van der Waals surface area contributed by atoms with Crippen molar-refractivity contribution in [2.24, 2.45) is 0 Å². The molecule has 0 amide bonds. The lowest BCUT2D eigenvalue weighted by molar-refractivity contribution is 0.420. The molecule has 1 atom stereocenters. The van der Waals surface area contributed by atoms with Crippen LogP contribution >= 0.6 is 23.2 Å². The first-order valence-corrected chi connectivity index (χ1v) is 8.29. The molecular formula is C15H14Cl2N6O. The predicted octanol–water partition coefficient (Wildman–Crippen LogP) is 3.37. The first-order valence-electron chi connectivity index (χ1n) is 7.54. The van der Waals surface area contributed by atoms with Crippen LogP contribution in [0.5, 0.6) is 0 Å². The number of aromatic nitrogens is 5. The maximum Gasteiger partial charge on any atom is 0.264 e. The number of hydrogen-bond acceptors (Lipinski definition) is 6. The molecule has 1 aromatic carbocycles. The van der Waals surface area contributed by atoms with Gasteiger partial charge in [-0.2, -0.15) is 10.1 Å². The quantitative estimate of drug-likeness (QED) is 0.766. The van der Waals surface area contributed by atoms with Gasteiger partial charge in [-0.1, -0.05) is 23.2 Å². The van der Waals surface area contributed by atoms with Gasteiger partial charge in [-0.15, -0.1) is 0 Å². The predicted molar refractivity (Wildman–Crippen MR) is 90.2 cm³/mol. The Morgan fingerprint density at radius 2 is 2.00 bits per heavy atom. The molecule has 0 aliphatic carbocycles. The fourth-order valence-electron chi connectivity index (χ4n) is 2.81. The van der Waals surface area contributed by atoms with Gasteiger partial charge in [0.05, 0.1) is 6.54 Å². The molecule has 1 aliphatic heterocycles. The van der Waals surface area contributed by atoms with Crippen molar-refractivity contribution >= 4 is 29.2 Å². The normalized spacial score (nSPS) is 16.9. The SMILES string of the molecule is Cc1nc2n(n1)CC(Nc1noc(-c3cc(Cl)cc(Cl)c3)n1)CC2. The van der Waals surface area contributed by atoms with E-state index in [9.17, 15) is 0 Å². The molecule has 0 radical (unpaired) electrons. The van der Waals surface area contributed by atoms with E-state index in [1.165, 1.54) is 0 Å². The molecule has 0 saturated carbocycles. The molecule has 1 N–H and O–H groups in total. The molecule has 0 bridgehead atoms. The Balaban J connectivity index is 1.50. The summed E-state index contributed by atoms with van der Waals surface area (Å²) in [7, 11) is 0. The van der Waals surface area contributed by atoms with Gasteiger partial charge in [0.1, 0.15) is 11.6 Å². The zero-order valence-corrected chi connectivity index (χ0v) is 14.3. The fourth-order valence-corrected chi connectivity index (χ4v) is 3.34. The minimum Gasteiger partial charge on any atom is -0.347 e. The average Bonchev–Trinajstić information content (AvgIpc) is 3.11. The summed E-state index contributed by atoms with van der Waals surface area (Å²) in [6.07, 6.45) is 1.80. The molecular weight excluding hydrogens is 351 g/mol. The van der Waals surface area contributed by atoms with Gasteiger partial charge in [-0.3, -0.25) is 0 Å². The lowest BCUT2D eigenvalue weighted by Crippen LogP contribution is -2.32. The van der Waals surface area contributed by atoms with Gasteiger partial charge in [0.15, 0.2) is 0 Å². The van der Waals surface area contributed by atoms with Crippen LogP contribution in [0.1, 0.15) is 18.1 Å². The summed E-state index contributed by atoms with van der Waals surface area (Å²) in [5.74, 6) is 2.62. The molecule has 3 aromatic rings. The second-order valence-electron chi connectivity index (χ2n) is 5.72. The van der Waals surface area contributed by atoms with Crippen molar-refractivity contribution in [1.29, 1.82) is 0 Å². The van der Waals surface area contributed by atoms with Crippen LogP contribution in [-0.2, 0) is 13.0 Å². The van der Waals surface area contributed by atoms with Crippen LogP contribution in [-0.4, -0.2) is 30.9 Å². The number of rotatable bonds is 3. The lowest BCUT2D eigenvalue weighted by Gasteiger charge is -2.22. The second-order valence-corrected chi connectivity index (χ2v) is 6.59. The van der Waals surface area contributed by atoms with Crippen molar-refractivity contribution in [2.75, 3.05) is 5.32 Å². The lowest BCUT2D eigenvalue weighted by atomic mass is 10.1. The van der Waals surface area contributed by atoms with Crippen molar-refractivity contribution in [3.05, 3.63) is 39.9 Å². The van der Waals surface area contributed by atoms with Crippen LogP contribution < -0.4 is 5.32 Å². The Kier molecular flexibility index (Phi) is 3.90. The molecule has 4 rings (SSSR count). The molecule has 7 nitrogen and oxygen atoms in total. The third kappa shape index (κ3) is 3.09. The molecule has 0 spiro atoms. The van der Waals surface area contributed by atoms with Gasteiger partial charge in [-0.05, 0) is 36.7 Å². The molecule has 0 fully saturated rings. The highest BCUT2D eigenvalue weighted by molar-refractivity contribution is 6.35. The number of hydrogen-bond donors (Lipinski definition) is 1. The number of aryl methyl sites for hydroxylation is 2. The molecule has 3 heterocycles. The van der Waals surface area contributed by atoms with E-state index >= 15 is 0 Å². The topological polar surface area (TPSA) is 81.7 Å². The van der Waals surface area contributed by atoms with E-state index in [0.717, 1.165) is 31.0 Å².